The highest BCUT2D eigenvalue weighted by molar-refractivity contribution is 4.85. The zero-order chi connectivity index (χ0) is 9.26. The van der Waals surface area contributed by atoms with E-state index in [2.05, 4.69) is 4.90 Å². The molecule has 0 aromatic heterocycles. The fraction of sp³-hybridized carbons (Fsp3) is 1.00. The molecule has 2 fully saturated rings. The van der Waals surface area contributed by atoms with Gasteiger partial charge in [-0.3, -0.25) is 4.90 Å². The lowest BCUT2D eigenvalue weighted by molar-refractivity contribution is 0.0550. The SMILES string of the molecule is CCC(O)CN1CC2COC(C2)C1. The minimum atomic E-state index is -0.155. The first-order valence-corrected chi connectivity index (χ1v) is 5.30. The maximum absolute atomic E-state index is 9.52. The van der Waals surface area contributed by atoms with Gasteiger partial charge in [0.1, 0.15) is 0 Å². The Balaban J connectivity index is 1.81. The van der Waals surface area contributed by atoms with Crippen LogP contribution in [0.5, 0.6) is 0 Å². The molecule has 2 rings (SSSR count). The van der Waals surface area contributed by atoms with Gasteiger partial charge >= 0.3 is 0 Å². The number of aliphatic hydroxyl groups is 1. The summed E-state index contributed by atoms with van der Waals surface area (Å²) in [5, 5.41) is 9.52. The van der Waals surface area contributed by atoms with Crippen LogP contribution in [0.4, 0.5) is 0 Å². The molecule has 0 aliphatic carbocycles. The van der Waals surface area contributed by atoms with Crippen LogP contribution in [0.1, 0.15) is 19.8 Å². The van der Waals surface area contributed by atoms with E-state index in [0.717, 1.165) is 38.6 Å². The molecule has 3 atom stereocenters. The van der Waals surface area contributed by atoms with Gasteiger partial charge in [-0.25, -0.2) is 0 Å². The van der Waals surface area contributed by atoms with Crippen LogP contribution in [0.15, 0.2) is 0 Å². The number of aliphatic hydroxyl groups excluding tert-OH is 1. The molecule has 2 aliphatic heterocycles. The van der Waals surface area contributed by atoms with E-state index in [9.17, 15) is 5.11 Å². The van der Waals surface area contributed by atoms with E-state index < -0.39 is 0 Å². The second-order valence-corrected chi connectivity index (χ2v) is 4.34. The molecule has 2 heterocycles. The van der Waals surface area contributed by atoms with E-state index in [0.29, 0.717) is 6.10 Å². The summed E-state index contributed by atoms with van der Waals surface area (Å²) < 4.78 is 5.60. The second-order valence-electron chi connectivity index (χ2n) is 4.34. The van der Waals surface area contributed by atoms with E-state index >= 15 is 0 Å². The number of nitrogens with zero attached hydrogens (tertiary/aromatic N) is 1. The molecule has 0 spiro atoms. The molecule has 2 aliphatic rings. The largest absolute Gasteiger partial charge is 0.392 e. The quantitative estimate of drug-likeness (QED) is 0.694. The van der Waals surface area contributed by atoms with Gasteiger partial charge in [0, 0.05) is 19.6 Å². The van der Waals surface area contributed by atoms with Crippen LogP contribution in [0, 0.1) is 5.92 Å². The number of rotatable bonds is 3. The topological polar surface area (TPSA) is 32.7 Å². The van der Waals surface area contributed by atoms with Crippen LogP contribution in [-0.2, 0) is 4.74 Å². The average molecular weight is 185 g/mol. The van der Waals surface area contributed by atoms with Crippen LogP contribution >= 0.6 is 0 Å². The van der Waals surface area contributed by atoms with Gasteiger partial charge in [0.2, 0.25) is 0 Å². The van der Waals surface area contributed by atoms with Crippen LogP contribution in [0.3, 0.4) is 0 Å². The minimum absolute atomic E-state index is 0.155. The summed E-state index contributed by atoms with van der Waals surface area (Å²) in [6.45, 7) is 5.93. The maximum atomic E-state index is 9.52. The number of β-amino-alcohol motifs (C(OH)–C–C–N with tert-alkyl or cyclic N) is 1. The molecular formula is C10H19NO2. The molecule has 2 bridgehead atoms. The highest BCUT2D eigenvalue weighted by atomic mass is 16.5. The Morgan fingerprint density at radius 2 is 2.38 bits per heavy atom. The zero-order valence-corrected chi connectivity index (χ0v) is 8.28. The number of piperidine rings is 1. The van der Waals surface area contributed by atoms with Gasteiger partial charge in [0.15, 0.2) is 0 Å². The van der Waals surface area contributed by atoms with Crippen molar-refractivity contribution in [1.29, 1.82) is 0 Å². The first-order chi connectivity index (χ1) is 6.28. The van der Waals surface area contributed by atoms with E-state index in [1.165, 1.54) is 6.42 Å². The lowest BCUT2D eigenvalue weighted by Crippen LogP contribution is -2.42. The van der Waals surface area contributed by atoms with E-state index in [1.54, 1.807) is 0 Å². The fourth-order valence-electron chi connectivity index (χ4n) is 2.34. The zero-order valence-electron chi connectivity index (χ0n) is 8.28. The van der Waals surface area contributed by atoms with Crippen molar-refractivity contribution < 1.29 is 9.84 Å². The van der Waals surface area contributed by atoms with Gasteiger partial charge in [-0.05, 0) is 18.8 Å². The molecule has 3 heteroatoms. The van der Waals surface area contributed by atoms with Crippen LogP contribution in [-0.4, -0.2) is 48.5 Å². The molecule has 76 valence electrons. The van der Waals surface area contributed by atoms with Gasteiger partial charge in [0.25, 0.3) is 0 Å². The molecule has 13 heavy (non-hydrogen) atoms. The van der Waals surface area contributed by atoms with Gasteiger partial charge in [0.05, 0.1) is 18.8 Å². The van der Waals surface area contributed by atoms with Crippen molar-refractivity contribution in [3.05, 3.63) is 0 Å². The summed E-state index contributed by atoms with van der Waals surface area (Å²) in [4.78, 5) is 2.35. The van der Waals surface area contributed by atoms with Crippen molar-refractivity contribution in [2.75, 3.05) is 26.2 Å². The second kappa shape index (κ2) is 3.95. The number of fused-ring (bicyclic) bond motifs is 2. The standard InChI is InChI=1S/C10H19NO2/c1-2-9(12)5-11-4-8-3-10(6-11)13-7-8/h8-10,12H,2-7H2,1H3. The lowest BCUT2D eigenvalue weighted by atomic mass is 10.00. The highest BCUT2D eigenvalue weighted by Crippen LogP contribution is 2.26. The van der Waals surface area contributed by atoms with Gasteiger partial charge < -0.3 is 9.84 Å². The van der Waals surface area contributed by atoms with Crippen LogP contribution in [0.25, 0.3) is 0 Å². The minimum Gasteiger partial charge on any atom is -0.392 e. The number of ether oxygens (including phenoxy) is 1. The molecule has 3 unspecified atom stereocenters. The predicted molar refractivity (Wildman–Crippen MR) is 50.6 cm³/mol. The molecule has 0 aromatic carbocycles. The molecule has 1 N–H and O–H groups in total. The van der Waals surface area contributed by atoms with Crippen molar-refractivity contribution in [2.24, 2.45) is 5.92 Å². The van der Waals surface area contributed by atoms with Crippen LogP contribution < -0.4 is 0 Å². The maximum Gasteiger partial charge on any atom is 0.0706 e. The molecule has 0 saturated carbocycles. The molecule has 0 amide bonds. The summed E-state index contributed by atoms with van der Waals surface area (Å²) in [5.41, 5.74) is 0. The highest BCUT2D eigenvalue weighted by Gasteiger charge is 2.33. The first-order valence-electron chi connectivity index (χ1n) is 5.30. The van der Waals surface area contributed by atoms with E-state index in [1.807, 2.05) is 6.92 Å². The molecule has 0 radical (unpaired) electrons. The average Bonchev–Trinajstić information content (AvgIpc) is 2.46. The third-order valence-corrected chi connectivity index (χ3v) is 3.08. The van der Waals surface area contributed by atoms with E-state index in [-0.39, 0.29) is 6.10 Å². The van der Waals surface area contributed by atoms with Crippen molar-refractivity contribution in [1.82, 2.24) is 4.90 Å². The normalized spacial score (nSPS) is 36.5. The summed E-state index contributed by atoms with van der Waals surface area (Å²) >= 11 is 0. The van der Waals surface area contributed by atoms with E-state index in [4.69, 9.17) is 4.74 Å². The third-order valence-electron chi connectivity index (χ3n) is 3.08. The Morgan fingerprint density at radius 1 is 1.54 bits per heavy atom. The van der Waals surface area contributed by atoms with Crippen molar-refractivity contribution in [2.45, 2.75) is 32.0 Å². The summed E-state index contributed by atoms with van der Waals surface area (Å²) in [6, 6.07) is 0. The Kier molecular flexibility index (Phi) is 2.86. The predicted octanol–water partition coefficient (Wildman–Crippen LogP) is 0.478. The Hall–Kier alpha value is -0.120. The summed E-state index contributed by atoms with van der Waals surface area (Å²) in [5.74, 6) is 0.725. The van der Waals surface area contributed by atoms with Gasteiger partial charge in [-0.2, -0.15) is 0 Å². The Morgan fingerprint density at radius 3 is 3.08 bits per heavy atom. The first kappa shape index (κ1) is 9.44. The smallest absolute Gasteiger partial charge is 0.0706 e. The lowest BCUT2D eigenvalue weighted by Gasteiger charge is -2.31. The van der Waals surface area contributed by atoms with Crippen LogP contribution in [0.2, 0.25) is 0 Å². The van der Waals surface area contributed by atoms with Gasteiger partial charge in [-0.15, -0.1) is 0 Å². The third kappa shape index (κ3) is 2.22. The molecular weight excluding hydrogens is 166 g/mol. The van der Waals surface area contributed by atoms with Crippen molar-refractivity contribution in [3.8, 4) is 0 Å². The Labute approximate surface area is 79.7 Å². The summed E-state index contributed by atoms with van der Waals surface area (Å²) in [7, 11) is 0. The Bertz CT molecular complexity index is 162. The molecule has 0 aromatic rings. The monoisotopic (exact) mass is 185 g/mol. The fourth-order valence-corrected chi connectivity index (χ4v) is 2.34. The van der Waals surface area contributed by atoms with Crippen molar-refractivity contribution >= 4 is 0 Å². The van der Waals surface area contributed by atoms with Crippen molar-refractivity contribution in [3.63, 3.8) is 0 Å². The number of hydrogen-bond acceptors (Lipinski definition) is 3. The molecule has 3 nitrogen and oxygen atoms in total. The molecule has 2 saturated heterocycles. The number of likely N-dealkylation sites (tertiary alicyclic amines) is 1. The van der Waals surface area contributed by atoms with Gasteiger partial charge in [-0.1, -0.05) is 6.92 Å². The summed E-state index contributed by atoms with van der Waals surface area (Å²) in [6.07, 6.45) is 2.38. The number of hydrogen-bond donors (Lipinski definition) is 1.